The van der Waals surface area contributed by atoms with Crippen molar-refractivity contribution in [1.82, 2.24) is 15.0 Å². The largest absolute Gasteiger partial charge is 0.208 e. The molecule has 0 N–H and O–H groups in total. The number of hydrogen-bond donors (Lipinski definition) is 0. The van der Waals surface area contributed by atoms with E-state index in [9.17, 15) is 0 Å². The van der Waals surface area contributed by atoms with E-state index in [0.29, 0.717) is 17.5 Å². The number of hydrogen-bond acceptors (Lipinski definition) is 3. The number of benzene rings is 8. The van der Waals surface area contributed by atoms with Gasteiger partial charge in [-0.05, 0) is 73.5 Å². The van der Waals surface area contributed by atoms with Crippen LogP contribution in [0, 0.1) is 0 Å². The molecule has 0 saturated heterocycles. The molecule has 2 heterocycles. The van der Waals surface area contributed by atoms with Gasteiger partial charge in [0.25, 0.3) is 0 Å². The zero-order valence-corrected chi connectivity index (χ0v) is 30.3. The van der Waals surface area contributed by atoms with E-state index in [1.54, 1.807) is 0 Å². The first-order valence-corrected chi connectivity index (χ1v) is 20.4. The predicted molar refractivity (Wildman–Crippen MR) is 223 cm³/mol. The molecule has 1 aliphatic heterocycles. The van der Waals surface area contributed by atoms with Gasteiger partial charge < -0.3 is 0 Å². The van der Waals surface area contributed by atoms with Gasteiger partial charge in [-0.3, -0.25) is 0 Å². The molecular weight excluding hydrogens is 663 g/mol. The normalized spacial score (nSPS) is 13.5. The average Bonchev–Trinajstić information content (AvgIpc) is 3.47. The summed E-state index contributed by atoms with van der Waals surface area (Å²) in [6, 6.07) is 62.7. The highest BCUT2D eigenvalue weighted by Crippen LogP contribution is 2.70. The van der Waals surface area contributed by atoms with Crippen LogP contribution in [0.15, 0.2) is 186 Å². The Bertz CT molecular complexity index is 2840. The minimum atomic E-state index is -1.41. The van der Waals surface area contributed by atoms with Crippen molar-refractivity contribution in [1.29, 1.82) is 0 Å². The van der Waals surface area contributed by atoms with Crippen molar-refractivity contribution in [3.05, 3.63) is 176 Å². The summed E-state index contributed by atoms with van der Waals surface area (Å²) in [4.78, 5) is 18.4. The summed E-state index contributed by atoms with van der Waals surface area (Å²) in [6.45, 7) is 0. The van der Waals surface area contributed by atoms with Crippen LogP contribution in [0.25, 0.3) is 89.1 Å². The number of nitrogens with zero attached hydrogens (tertiary/aromatic N) is 3. The van der Waals surface area contributed by atoms with Crippen LogP contribution in [0.3, 0.4) is 0 Å². The number of aromatic nitrogens is 3. The molecule has 0 atom stereocenters. The molecule has 0 amide bonds. The molecule has 0 fully saturated rings. The maximum atomic E-state index is 5.27. The predicted octanol–water partition coefficient (Wildman–Crippen LogP) is 13.0. The van der Waals surface area contributed by atoms with E-state index in [0.717, 1.165) is 27.8 Å². The standard InChI is InChI=1S/C49H35N3S/c1-53(2)45-41-16-9-8-14-36(41)29-30-43(45)42-17-10-18-44(46(42)53)49-51-47(37-24-19-34(20-25-37)32-11-4-3-5-12-32)50-48(52-49)38-26-21-35(22-27-38)40-28-23-33-13-6-7-15-39(33)31-40/h3-31H,1-2H3. The molecule has 0 saturated carbocycles. The fraction of sp³-hybridized carbons (Fsp3) is 0.0408. The fourth-order valence-electron chi connectivity index (χ4n) is 7.96. The van der Waals surface area contributed by atoms with Crippen LogP contribution in [0.1, 0.15) is 0 Å². The smallest absolute Gasteiger partial charge is 0.165 e. The monoisotopic (exact) mass is 697 g/mol. The minimum absolute atomic E-state index is 0.661. The Labute approximate surface area is 311 Å². The second kappa shape index (κ2) is 12.4. The molecule has 4 heteroatoms. The highest BCUT2D eigenvalue weighted by atomic mass is 32.3. The first-order chi connectivity index (χ1) is 26.0. The third-order valence-corrected chi connectivity index (χ3v) is 13.5. The van der Waals surface area contributed by atoms with E-state index in [4.69, 9.17) is 15.0 Å². The first-order valence-electron chi connectivity index (χ1n) is 17.9. The Balaban J connectivity index is 1.12. The van der Waals surface area contributed by atoms with Crippen molar-refractivity contribution in [2.24, 2.45) is 0 Å². The lowest BCUT2D eigenvalue weighted by Gasteiger charge is -2.31. The van der Waals surface area contributed by atoms with Crippen molar-refractivity contribution < 1.29 is 0 Å². The van der Waals surface area contributed by atoms with Gasteiger partial charge in [0.1, 0.15) is 0 Å². The van der Waals surface area contributed by atoms with Gasteiger partial charge in [-0.15, -0.1) is 0 Å². The SMILES string of the molecule is CS1(C)c2c(-c3nc(-c4ccc(-c5ccccc5)cc4)nc(-c4ccc(-c5ccc6ccccc6c5)cc4)n3)cccc2-c2ccc3ccccc3c21. The Morgan fingerprint density at radius 3 is 1.53 bits per heavy atom. The highest BCUT2D eigenvalue weighted by Gasteiger charge is 2.36. The molecule has 9 aromatic rings. The van der Waals surface area contributed by atoms with Crippen molar-refractivity contribution >= 4 is 31.6 Å². The topological polar surface area (TPSA) is 38.7 Å². The van der Waals surface area contributed by atoms with E-state index in [-0.39, 0.29) is 0 Å². The van der Waals surface area contributed by atoms with Crippen molar-refractivity contribution in [3.63, 3.8) is 0 Å². The lowest BCUT2D eigenvalue weighted by molar-refractivity contribution is 1.07. The molecule has 1 aromatic heterocycles. The molecule has 3 nitrogen and oxygen atoms in total. The summed E-state index contributed by atoms with van der Waals surface area (Å²) in [5.41, 5.74) is 10.2. The van der Waals surface area contributed by atoms with Crippen LogP contribution < -0.4 is 0 Å². The molecule has 0 spiro atoms. The van der Waals surface area contributed by atoms with Gasteiger partial charge in [-0.1, -0.05) is 170 Å². The molecule has 10 rings (SSSR count). The molecule has 252 valence electrons. The van der Waals surface area contributed by atoms with E-state index < -0.39 is 10.0 Å². The van der Waals surface area contributed by atoms with E-state index in [1.165, 1.54) is 53.6 Å². The summed E-state index contributed by atoms with van der Waals surface area (Å²) in [6.07, 6.45) is 4.84. The van der Waals surface area contributed by atoms with Gasteiger partial charge in [-0.2, -0.15) is 10.0 Å². The quantitative estimate of drug-likeness (QED) is 0.180. The van der Waals surface area contributed by atoms with Gasteiger partial charge >= 0.3 is 0 Å². The van der Waals surface area contributed by atoms with Gasteiger partial charge in [0.05, 0.1) is 0 Å². The fourth-order valence-corrected chi connectivity index (χ4v) is 11.1. The van der Waals surface area contributed by atoms with Crippen LogP contribution >= 0.6 is 10.0 Å². The summed E-state index contributed by atoms with van der Waals surface area (Å²) in [5, 5.41) is 5.07. The zero-order chi connectivity index (χ0) is 35.5. The molecular formula is C49H35N3S. The van der Waals surface area contributed by atoms with Crippen LogP contribution in [0.2, 0.25) is 0 Å². The van der Waals surface area contributed by atoms with Crippen molar-refractivity contribution in [2.45, 2.75) is 9.79 Å². The van der Waals surface area contributed by atoms with Gasteiger partial charge in [0, 0.05) is 26.5 Å². The van der Waals surface area contributed by atoms with Gasteiger partial charge in [-0.25, -0.2) is 15.0 Å². The summed E-state index contributed by atoms with van der Waals surface area (Å²) < 4.78 is 0. The van der Waals surface area contributed by atoms with Crippen LogP contribution in [-0.4, -0.2) is 27.5 Å². The molecule has 8 aromatic carbocycles. The van der Waals surface area contributed by atoms with E-state index in [2.05, 4.69) is 182 Å². The summed E-state index contributed by atoms with van der Waals surface area (Å²) in [5.74, 6) is 2.02. The van der Waals surface area contributed by atoms with Gasteiger partial charge in [0.15, 0.2) is 17.5 Å². The van der Waals surface area contributed by atoms with Gasteiger partial charge in [0.2, 0.25) is 0 Å². The molecule has 0 unspecified atom stereocenters. The molecule has 0 radical (unpaired) electrons. The maximum absolute atomic E-state index is 5.27. The zero-order valence-electron chi connectivity index (χ0n) is 29.5. The second-order valence-corrected chi connectivity index (χ2v) is 17.5. The average molecular weight is 698 g/mol. The third-order valence-electron chi connectivity index (χ3n) is 10.6. The Morgan fingerprint density at radius 1 is 0.321 bits per heavy atom. The molecule has 53 heavy (non-hydrogen) atoms. The molecule has 0 bridgehead atoms. The summed E-state index contributed by atoms with van der Waals surface area (Å²) in [7, 11) is -1.41. The van der Waals surface area contributed by atoms with Crippen molar-refractivity contribution in [2.75, 3.05) is 12.5 Å². The van der Waals surface area contributed by atoms with Crippen LogP contribution in [0.5, 0.6) is 0 Å². The Kier molecular flexibility index (Phi) is 7.34. The van der Waals surface area contributed by atoms with Crippen molar-refractivity contribution in [3.8, 4) is 67.5 Å². The van der Waals surface area contributed by atoms with E-state index >= 15 is 0 Å². The second-order valence-electron chi connectivity index (χ2n) is 14.1. The first kappa shape index (κ1) is 31.4. The third kappa shape index (κ3) is 5.34. The van der Waals surface area contributed by atoms with Crippen LogP contribution in [-0.2, 0) is 0 Å². The van der Waals surface area contributed by atoms with E-state index in [1.807, 2.05) is 6.07 Å². The Hall–Kier alpha value is -6.36. The lowest BCUT2D eigenvalue weighted by Crippen LogP contribution is -2.03. The molecule has 0 aliphatic carbocycles. The number of fused-ring (bicyclic) bond motifs is 6. The molecule has 1 aliphatic rings. The Morgan fingerprint density at radius 2 is 0.811 bits per heavy atom. The number of rotatable bonds is 5. The van der Waals surface area contributed by atoms with Crippen LogP contribution in [0.4, 0.5) is 0 Å². The minimum Gasteiger partial charge on any atom is -0.208 e. The lowest BCUT2D eigenvalue weighted by atomic mass is 9.99. The summed E-state index contributed by atoms with van der Waals surface area (Å²) >= 11 is 0. The maximum Gasteiger partial charge on any atom is 0.165 e. The highest BCUT2D eigenvalue weighted by molar-refractivity contribution is 8.33.